The van der Waals surface area contributed by atoms with E-state index in [2.05, 4.69) is 27.7 Å². The van der Waals surface area contributed by atoms with Gasteiger partial charge in [-0.05, 0) is 41.4 Å². The maximum atomic E-state index is 13.6. The molecule has 0 bridgehead atoms. The van der Waals surface area contributed by atoms with E-state index in [0.717, 1.165) is 17.5 Å². The quantitative estimate of drug-likeness (QED) is 0.703. The molecule has 0 amide bonds. The standard InChI is InChI=1S/C24H32O5/c1-13(2)15-8-9-17-16(12-15)19(26)20(29-14(3)25)21-23(4,5)11-10-18(22(27)28-7)24(17,21)6/h8-9,12-13,18,20-21H,10-11H2,1-7H3/t18?,20?,21?,24-/m0/s1. The third kappa shape index (κ3) is 3.28. The Hall–Kier alpha value is -2.17. The zero-order valence-corrected chi connectivity index (χ0v) is 18.5. The van der Waals surface area contributed by atoms with Crippen molar-refractivity contribution >= 4 is 17.7 Å². The molecule has 5 heteroatoms. The van der Waals surface area contributed by atoms with Crippen LogP contribution in [0, 0.1) is 17.3 Å². The highest BCUT2D eigenvalue weighted by Gasteiger charge is 2.63. The minimum Gasteiger partial charge on any atom is -0.469 e. The molecule has 1 fully saturated rings. The highest BCUT2D eigenvalue weighted by molar-refractivity contribution is 6.04. The van der Waals surface area contributed by atoms with Crippen LogP contribution in [0.25, 0.3) is 0 Å². The summed E-state index contributed by atoms with van der Waals surface area (Å²) in [6.07, 6.45) is 0.506. The molecule has 2 aliphatic carbocycles. The lowest BCUT2D eigenvalue weighted by Crippen LogP contribution is -2.62. The average Bonchev–Trinajstić information content (AvgIpc) is 2.64. The third-order valence-electron chi connectivity index (χ3n) is 7.19. The van der Waals surface area contributed by atoms with E-state index in [9.17, 15) is 14.4 Å². The number of benzene rings is 1. The van der Waals surface area contributed by atoms with E-state index >= 15 is 0 Å². The summed E-state index contributed by atoms with van der Waals surface area (Å²) >= 11 is 0. The smallest absolute Gasteiger partial charge is 0.309 e. The predicted octanol–water partition coefficient (Wildman–Crippen LogP) is 4.42. The molecule has 1 aromatic carbocycles. The van der Waals surface area contributed by atoms with Crippen molar-refractivity contribution < 1.29 is 23.9 Å². The van der Waals surface area contributed by atoms with Crippen LogP contribution in [-0.2, 0) is 24.5 Å². The lowest BCUT2D eigenvalue weighted by Gasteiger charge is -2.58. The highest BCUT2D eigenvalue weighted by atomic mass is 16.5. The maximum Gasteiger partial charge on any atom is 0.309 e. The first-order valence-electron chi connectivity index (χ1n) is 10.4. The van der Waals surface area contributed by atoms with Gasteiger partial charge in [-0.3, -0.25) is 14.4 Å². The molecule has 4 atom stereocenters. The Morgan fingerprint density at radius 2 is 1.83 bits per heavy atom. The Bertz CT molecular complexity index is 853. The summed E-state index contributed by atoms with van der Waals surface area (Å²) in [6.45, 7) is 11.7. The van der Waals surface area contributed by atoms with Gasteiger partial charge in [0.25, 0.3) is 0 Å². The van der Waals surface area contributed by atoms with Gasteiger partial charge in [0.2, 0.25) is 5.78 Å². The van der Waals surface area contributed by atoms with Gasteiger partial charge < -0.3 is 9.47 Å². The molecule has 1 aromatic rings. The fourth-order valence-electron chi connectivity index (χ4n) is 5.78. The van der Waals surface area contributed by atoms with Crippen LogP contribution in [0.3, 0.4) is 0 Å². The summed E-state index contributed by atoms with van der Waals surface area (Å²) in [5.74, 6) is -1.39. The topological polar surface area (TPSA) is 69.7 Å². The van der Waals surface area contributed by atoms with Crippen molar-refractivity contribution in [3.8, 4) is 0 Å². The molecule has 3 rings (SSSR count). The Morgan fingerprint density at radius 3 is 2.38 bits per heavy atom. The minimum atomic E-state index is -0.908. The second-order valence-corrected chi connectivity index (χ2v) is 9.72. The van der Waals surface area contributed by atoms with Crippen molar-refractivity contribution in [2.45, 2.75) is 71.8 Å². The molecule has 0 heterocycles. The van der Waals surface area contributed by atoms with Gasteiger partial charge in [-0.15, -0.1) is 0 Å². The van der Waals surface area contributed by atoms with Crippen LogP contribution in [0.15, 0.2) is 18.2 Å². The van der Waals surface area contributed by atoms with Crippen molar-refractivity contribution in [1.29, 1.82) is 0 Å². The number of carbonyl (C=O) groups is 3. The SMILES string of the molecule is COC(=O)C1CCC(C)(C)C2C(OC(C)=O)C(=O)c3cc(C(C)C)ccc3[C@@]12C. The predicted molar refractivity (Wildman–Crippen MR) is 110 cm³/mol. The molecule has 29 heavy (non-hydrogen) atoms. The lowest BCUT2D eigenvalue weighted by molar-refractivity contribution is -0.164. The Morgan fingerprint density at radius 1 is 1.17 bits per heavy atom. The van der Waals surface area contributed by atoms with Crippen molar-refractivity contribution in [1.82, 2.24) is 0 Å². The van der Waals surface area contributed by atoms with E-state index in [1.165, 1.54) is 14.0 Å². The zero-order valence-electron chi connectivity index (χ0n) is 18.5. The van der Waals surface area contributed by atoms with Crippen LogP contribution < -0.4 is 0 Å². The molecular formula is C24H32O5. The van der Waals surface area contributed by atoms with Crippen LogP contribution in [0.1, 0.15) is 81.8 Å². The van der Waals surface area contributed by atoms with Gasteiger partial charge in [0.15, 0.2) is 6.10 Å². The van der Waals surface area contributed by atoms with Crippen LogP contribution >= 0.6 is 0 Å². The number of carbonyl (C=O) groups excluding carboxylic acids is 3. The molecule has 1 saturated carbocycles. The molecule has 0 radical (unpaired) electrons. The van der Waals surface area contributed by atoms with E-state index in [1.54, 1.807) is 0 Å². The number of hydrogen-bond acceptors (Lipinski definition) is 5. The van der Waals surface area contributed by atoms with Gasteiger partial charge in [-0.2, -0.15) is 0 Å². The van der Waals surface area contributed by atoms with Gasteiger partial charge in [-0.1, -0.05) is 46.8 Å². The number of hydrogen-bond donors (Lipinski definition) is 0. The molecule has 3 unspecified atom stereocenters. The van der Waals surface area contributed by atoms with Gasteiger partial charge in [-0.25, -0.2) is 0 Å². The van der Waals surface area contributed by atoms with E-state index in [1.807, 2.05) is 25.1 Å². The van der Waals surface area contributed by atoms with Crippen molar-refractivity contribution in [3.63, 3.8) is 0 Å². The third-order valence-corrected chi connectivity index (χ3v) is 7.19. The van der Waals surface area contributed by atoms with Gasteiger partial charge in [0.05, 0.1) is 13.0 Å². The normalized spacial score (nSPS) is 30.3. The summed E-state index contributed by atoms with van der Waals surface area (Å²) in [4.78, 5) is 38.3. The van der Waals surface area contributed by atoms with Crippen LogP contribution in [0.5, 0.6) is 0 Å². The summed E-state index contributed by atoms with van der Waals surface area (Å²) in [5, 5.41) is 0. The van der Waals surface area contributed by atoms with Crippen molar-refractivity contribution in [2.75, 3.05) is 7.11 Å². The van der Waals surface area contributed by atoms with E-state index in [0.29, 0.717) is 12.0 Å². The van der Waals surface area contributed by atoms with E-state index in [4.69, 9.17) is 9.47 Å². The van der Waals surface area contributed by atoms with Crippen LogP contribution in [-0.4, -0.2) is 30.9 Å². The number of esters is 2. The van der Waals surface area contributed by atoms with E-state index < -0.39 is 23.4 Å². The molecule has 2 aliphatic rings. The first-order chi connectivity index (χ1) is 13.4. The van der Waals surface area contributed by atoms with Gasteiger partial charge >= 0.3 is 11.9 Å². The minimum absolute atomic E-state index is 0.168. The second kappa shape index (κ2) is 7.26. The molecule has 0 N–H and O–H groups in total. The zero-order chi connectivity index (χ0) is 21.7. The largest absolute Gasteiger partial charge is 0.469 e. The summed E-state index contributed by atoms with van der Waals surface area (Å²) in [5.41, 5.74) is 1.51. The number of Topliss-reactive ketones (excluding diaryl/α,β-unsaturated/α-hetero) is 1. The lowest BCUT2D eigenvalue weighted by atomic mass is 9.45. The number of rotatable bonds is 3. The average molecular weight is 401 g/mol. The summed E-state index contributed by atoms with van der Waals surface area (Å²) < 4.78 is 10.8. The Labute approximate surface area is 173 Å². The number of methoxy groups -OCH3 is 1. The van der Waals surface area contributed by atoms with Crippen LogP contribution in [0.4, 0.5) is 0 Å². The van der Waals surface area contributed by atoms with Crippen LogP contribution in [0.2, 0.25) is 0 Å². The molecule has 0 aliphatic heterocycles. The number of fused-ring (bicyclic) bond motifs is 3. The molecule has 0 spiro atoms. The molecule has 158 valence electrons. The molecule has 0 saturated heterocycles. The molecular weight excluding hydrogens is 368 g/mol. The highest BCUT2D eigenvalue weighted by Crippen LogP contribution is 2.60. The maximum absolute atomic E-state index is 13.6. The van der Waals surface area contributed by atoms with Crippen molar-refractivity contribution in [2.24, 2.45) is 17.3 Å². The number of ketones is 1. The Balaban J connectivity index is 2.32. The first-order valence-corrected chi connectivity index (χ1v) is 10.4. The van der Waals surface area contributed by atoms with Gasteiger partial charge in [0.1, 0.15) is 0 Å². The Kier molecular flexibility index (Phi) is 5.39. The van der Waals surface area contributed by atoms with Gasteiger partial charge in [0, 0.05) is 23.8 Å². The number of ether oxygens (including phenoxy) is 2. The molecule has 0 aromatic heterocycles. The first kappa shape index (κ1) is 21.5. The summed E-state index contributed by atoms with van der Waals surface area (Å²) in [6, 6.07) is 5.95. The second-order valence-electron chi connectivity index (χ2n) is 9.72. The van der Waals surface area contributed by atoms with Crippen molar-refractivity contribution in [3.05, 3.63) is 34.9 Å². The molecule has 5 nitrogen and oxygen atoms in total. The fraction of sp³-hybridized carbons (Fsp3) is 0.625. The van der Waals surface area contributed by atoms with E-state index in [-0.39, 0.29) is 29.0 Å². The fourth-order valence-corrected chi connectivity index (χ4v) is 5.78. The summed E-state index contributed by atoms with van der Waals surface area (Å²) in [7, 11) is 1.40. The monoisotopic (exact) mass is 400 g/mol.